The fraction of sp³-hybridized carbons (Fsp3) is 0.316. The van der Waals surface area contributed by atoms with Crippen LogP contribution in [-0.4, -0.2) is 34.1 Å². The summed E-state index contributed by atoms with van der Waals surface area (Å²) in [7, 11) is 1.60. The molecule has 26 heavy (non-hydrogen) atoms. The highest BCUT2D eigenvalue weighted by Gasteiger charge is 2.15. The van der Waals surface area contributed by atoms with Crippen molar-refractivity contribution in [2.45, 2.75) is 27.3 Å². The molecule has 0 aliphatic rings. The van der Waals surface area contributed by atoms with E-state index in [9.17, 15) is 4.79 Å². The molecule has 7 heteroatoms. The molecule has 7 nitrogen and oxygen atoms in total. The minimum atomic E-state index is -0.121. The molecule has 3 N–H and O–H groups in total. The smallest absolute Gasteiger partial charge is 0.251 e. The molecule has 1 amide bonds. The van der Waals surface area contributed by atoms with Crippen LogP contribution in [0, 0.1) is 20.8 Å². The molecule has 0 atom stereocenters. The van der Waals surface area contributed by atoms with E-state index < -0.39 is 0 Å². The molecule has 0 unspecified atom stereocenters. The summed E-state index contributed by atoms with van der Waals surface area (Å²) in [6.45, 7) is 6.96. The lowest BCUT2D eigenvalue weighted by Gasteiger charge is -2.11. The van der Waals surface area contributed by atoms with Crippen LogP contribution in [0.4, 0.5) is 5.82 Å². The average Bonchev–Trinajstić information content (AvgIpc) is 2.97. The summed E-state index contributed by atoms with van der Waals surface area (Å²) in [5.74, 6) is 1.89. The molecule has 3 aromatic rings. The van der Waals surface area contributed by atoms with Gasteiger partial charge in [0.2, 0.25) is 0 Å². The molecule has 2 aromatic heterocycles. The maximum atomic E-state index is 12.3. The molecule has 136 valence electrons. The molecular formula is C19H23N5O2. The summed E-state index contributed by atoms with van der Waals surface area (Å²) >= 11 is 0. The Morgan fingerprint density at radius 3 is 2.54 bits per heavy atom. The second-order valence-corrected chi connectivity index (χ2v) is 6.20. The number of benzene rings is 1. The number of rotatable bonds is 5. The number of aryl methyl sites for hydroxylation is 3. The van der Waals surface area contributed by atoms with Crippen LogP contribution in [0.5, 0.6) is 5.75 Å². The van der Waals surface area contributed by atoms with Crippen LogP contribution in [0.3, 0.4) is 0 Å². The van der Waals surface area contributed by atoms with Gasteiger partial charge >= 0.3 is 0 Å². The molecule has 0 saturated carbocycles. The van der Waals surface area contributed by atoms with Crippen molar-refractivity contribution in [1.82, 2.24) is 19.9 Å². The largest absolute Gasteiger partial charge is 0.497 e. The van der Waals surface area contributed by atoms with E-state index in [4.69, 9.17) is 10.5 Å². The number of pyridine rings is 1. The van der Waals surface area contributed by atoms with E-state index in [0.29, 0.717) is 30.0 Å². The Morgan fingerprint density at radius 1 is 1.19 bits per heavy atom. The topological polar surface area (TPSA) is 95.1 Å². The molecule has 0 spiro atoms. The fourth-order valence-electron chi connectivity index (χ4n) is 3.01. The van der Waals surface area contributed by atoms with Gasteiger partial charge in [0.05, 0.1) is 12.6 Å². The highest BCUT2D eigenvalue weighted by molar-refractivity contribution is 5.94. The van der Waals surface area contributed by atoms with E-state index in [0.717, 1.165) is 28.3 Å². The third kappa shape index (κ3) is 3.20. The van der Waals surface area contributed by atoms with Crippen LogP contribution in [-0.2, 0) is 6.54 Å². The number of nitrogens with zero attached hydrogens (tertiary/aromatic N) is 3. The number of carbonyl (C=O) groups is 1. The molecule has 0 fully saturated rings. The van der Waals surface area contributed by atoms with E-state index >= 15 is 0 Å². The predicted octanol–water partition coefficient (Wildman–Crippen LogP) is 2.38. The summed E-state index contributed by atoms with van der Waals surface area (Å²) in [4.78, 5) is 21.2. The van der Waals surface area contributed by atoms with Crippen LogP contribution in [0.25, 0.3) is 11.0 Å². The van der Waals surface area contributed by atoms with E-state index in [-0.39, 0.29) is 5.91 Å². The first-order valence-corrected chi connectivity index (χ1v) is 8.44. The number of aromatic nitrogens is 3. The summed E-state index contributed by atoms with van der Waals surface area (Å²) in [5, 5.41) is 2.94. The lowest BCUT2D eigenvalue weighted by atomic mass is 10.2. The van der Waals surface area contributed by atoms with Crippen LogP contribution in [0.15, 0.2) is 24.3 Å². The van der Waals surface area contributed by atoms with Gasteiger partial charge in [-0.25, -0.2) is 9.97 Å². The van der Waals surface area contributed by atoms with Gasteiger partial charge in [0.25, 0.3) is 5.91 Å². The quantitative estimate of drug-likeness (QED) is 0.734. The summed E-state index contributed by atoms with van der Waals surface area (Å²) in [6, 6.07) is 7.02. The minimum absolute atomic E-state index is 0.121. The standard InChI is InChI=1S/C19H23N5O2/c1-11-12(2)22-18(20)16-17(11)24(13(3)23-16)10-9-21-19(25)14-5-7-15(26-4)8-6-14/h5-8H,9-10H2,1-4H3,(H2,20,22)(H,21,25). The Kier molecular flexibility index (Phi) is 4.79. The molecule has 0 saturated heterocycles. The molecule has 0 aliphatic heterocycles. The number of amides is 1. The van der Waals surface area contributed by atoms with Gasteiger partial charge in [0.15, 0.2) is 5.82 Å². The summed E-state index contributed by atoms with van der Waals surface area (Å²) < 4.78 is 7.18. The molecule has 0 aliphatic carbocycles. The number of carbonyl (C=O) groups excluding carboxylic acids is 1. The second-order valence-electron chi connectivity index (χ2n) is 6.20. The first-order valence-electron chi connectivity index (χ1n) is 8.44. The van der Waals surface area contributed by atoms with Crippen molar-refractivity contribution in [3.8, 4) is 5.75 Å². The Morgan fingerprint density at radius 2 is 1.88 bits per heavy atom. The number of hydrogen-bond donors (Lipinski definition) is 2. The third-order valence-corrected chi connectivity index (χ3v) is 4.56. The van der Waals surface area contributed by atoms with Crippen LogP contribution >= 0.6 is 0 Å². The van der Waals surface area contributed by atoms with Gasteiger partial charge in [-0.15, -0.1) is 0 Å². The monoisotopic (exact) mass is 353 g/mol. The van der Waals surface area contributed by atoms with Crippen molar-refractivity contribution in [3.05, 3.63) is 46.9 Å². The lowest BCUT2D eigenvalue weighted by Crippen LogP contribution is -2.27. The van der Waals surface area contributed by atoms with Crippen LogP contribution in [0.2, 0.25) is 0 Å². The van der Waals surface area contributed by atoms with E-state index in [1.165, 1.54) is 0 Å². The van der Waals surface area contributed by atoms with E-state index in [2.05, 4.69) is 19.9 Å². The van der Waals surface area contributed by atoms with E-state index in [1.54, 1.807) is 31.4 Å². The van der Waals surface area contributed by atoms with Gasteiger partial charge in [-0.3, -0.25) is 4.79 Å². The van der Waals surface area contributed by atoms with Gasteiger partial charge in [-0.05, 0) is 50.6 Å². The number of fused-ring (bicyclic) bond motifs is 1. The summed E-state index contributed by atoms with van der Waals surface area (Å²) in [6.07, 6.45) is 0. The Balaban J connectivity index is 1.75. The molecule has 0 radical (unpaired) electrons. The molecule has 1 aromatic carbocycles. The van der Waals surface area contributed by atoms with Gasteiger partial charge in [-0.1, -0.05) is 0 Å². The SMILES string of the molecule is COc1ccc(C(=O)NCCn2c(C)nc3c(N)nc(C)c(C)c32)cc1. The number of anilines is 1. The number of hydrogen-bond acceptors (Lipinski definition) is 5. The van der Waals surface area contributed by atoms with Gasteiger partial charge in [0.1, 0.15) is 17.1 Å². The molecule has 3 rings (SSSR count). The molecule has 0 bridgehead atoms. The number of nitrogen functional groups attached to an aromatic ring is 1. The van der Waals surface area contributed by atoms with Crippen molar-refractivity contribution in [2.75, 3.05) is 19.4 Å². The van der Waals surface area contributed by atoms with Crippen molar-refractivity contribution in [3.63, 3.8) is 0 Å². The van der Waals surface area contributed by atoms with Crippen LogP contribution in [0.1, 0.15) is 27.4 Å². The highest BCUT2D eigenvalue weighted by Crippen LogP contribution is 2.25. The normalized spacial score (nSPS) is 10.9. The lowest BCUT2D eigenvalue weighted by molar-refractivity contribution is 0.0952. The Labute approximate surface area is 152 Å². The molecular weight excluding hydrogens is 330 g/mol. The van der Waals surface area contributed by atoms with Gasteiger partial charge in [-0.2, -0.15) is 0 Å². The van der Waals surface area contributed by atoms with Crippen molar-refractivity contribution >= 4 is 22.8 Å². The highest BCUT2D eigenvalue weighted by atomic mass is 16.5. The maximum Gasteiger partial charge on any atom is 0.251 e. The Hall–Kier alpha value is -3.09. The van der Waals surface area contributed by atoms with Crippen molar-refractivity contribution in [2.24, 2.45) is 0 Å². The fourth-order valence-corrected chi connectivity index (χ4v) is 3.01. The Bertz CT molecular complexity index is 960. The number of nitrogens with two attached hydrogens (primary N) is 1. The third-order valence-electron chi connectivity index (χ3n) is 4.56. The van der Waals surface area contributed by atoms with Gasteiger partial charge < -0.3 is 20.4 Å². The predicted molar refractivity (Wildman–Crippen MR) is 101 cm³/mol. The zero-order valence-corrected chi connectivity index (χ0v) is 15.5. The first kappa shape index (κ1) is 17.7. The zero-order chi connectivity index (χ0) is 18.8. The second kappa shape index (κ2) is 7.03. The maximum absolute atomic E-state index is 12.3. The van der Waals surface area contributed by atoms with Crippen molar-refractivity contribution < 1.29 is 9.53 Å². The number of methoxy groups -OCH3 is 1. The number of ether oxygens (including phenoxy) is 1. The minimum Gasteiger partial charge on any atom is -0.497 e. The summed E-state index contributed by atoms with van der Waals surface area (Å²) in [5.41, 5.74) is 10.2. The number of imidazole rings is 1. The van der Waals surface area contributed by atoms with Gasteiger partial charge in [0, 0.05) is 24.3 Å². The average molecular weight is 353 g/mol. The zero-order valence-electron chi connectivity index (χ0n) is 15.5. The first-order chi connectivity index (χ1) is 12.4. The number of nitrogens with one attached hydrogen (secondary N) is 1. The molecule has 2 heterocycles. The van der Waals surface area contributed by atoms with Crippen LogP contribution < -0.4 is 15.8 Å². The van der Waals surface area contributed by atoms with E-state index in [1.807, 2.05) is 20.8 Å². The van der Waals surface area contributed by atoms with Crippen molar-refractivity contribution in [1.29, 1.82) is 0 Å².